The lowest BCUT2D eigenvalue weighted by Crippen LogP contribution is -1.99. The molecule has 0 aliphatic rings. The van der Waals surface area contributed by atoms with E-state index in [1.807, 2.05) is 12.1 Å². The predicted molar refractivity (Wildman–Crippen MR) is 118 cm³/mol. The van der Waals surface area contributed by atoms with Gasteiger partial charge in [-0.3, -0.25) is 0 Å². The summed E-state index contributed by atoms with van der Waals surface area (Å²) in [4.78, 5) is 25.9. The van der Waals surface area contributed by atoms with Crippen LogP contribution >= 0.6 is 23.1 Å². The molecule has 0 atom stereocenters. The summed E-state index contributed by atoms with van der Waals surface area (Å²) >= 11 is 2.59. The number of hydrogen-bond donors (Lipinski definition) is 3. The molecule has 4 rings (SSSR count). The van der Waals surface area contributed by atoms with Gasteiger partial charge in [-0.15, -0.1) is 11.3 Å². The number of hydrogen-bond acceptors (Lipinski definition) is 8. The Morgan fingerprint density at radius 2 is 1.90 bits per heavy atom. The summed E-state index contributed by atoms with van der Waals surface area (Å²) in [7, 11) is 0. The van der Waals surface area contributed by atoms with Gasteiger partial charge in [0.05, 0.1) is 15.3 Å². The third-order valence-corrected chi connectivity index (χ3v) is 6.65. The average molecular weight is 439 g/mol. The van der Waals surface area contributed by atoms with E-state index in [1.165, 1.54) is 29.4 Å². The highest BCUT2D eigenvalue weighted by atomic mass is 32.2. The number of phenolic OH excluding ortho intramolecular Hbond substituents is 1. The number of anilines is 2. The van der Waals surface area contributed by atoms with Crippen LogP contribution in [0.25, 0.3) is 11.0 Å². The van der Waals surface area contributed by atoms with E-state index in [-0.39, 0.29) is 16.5 Å². The van der Waals surface area contributed by atoms with Gasteiger partial charge in [0.2, 0.25) is 0 Å². The fourth-order valence-corrected chi connectivity index (χ4v) is 4.88. The summed E-state index contributed by atoms with van der Waals surface area (Å²) in [6, 6.07) is 12.2. The molecule has 0 unspecified atom stereocenters. The summed E-state index contributed by atoms with van der Waals surface area (Å²) < 4.78 is 0.775. The van der Waals surface area contributed by atoms with Crippen molar-refractivity contribution in [1.29, 1.82) is 0 Å². The van der Waals surface area contributed by atoms with Crippen LogP contribution in [0.5, 0.6) is 5.75 Å². The number of phenols is 1. The molecule has 0 bridgehead atoms. The fourth-order valence-electron chi connectivity index (χ4n) is 2.77. The van der Waals surface area contributed by atoms with E-state index in [4.69, 9.17) is 0 Å². The van der Waals surface area contributed by atoms with E-state index >= 15 is 0 Å². The van der Waals surface area contributed by atoms with Gasteiger partial charge in [-0.2, -0.15) is 0 Å². The second-order valence-electron chi connectivity index (χ2n) is 6.82. The Labute approximate surface area is 180 Å². The molecular formula is C21H18N4O3S2. The summed E-state index contributed by atoms with van der Waals surface area (Å²) in [6.45, 7) is 4.14. The maximum Gasteiger partial charge on any atom is 0.345 e. The first-order chi connectivity index (χ1) is 14.4. The van der Waals surface area contributed by atoms with Crippen LogP contribution in [-0.2, 0) is 0 Å². The van der Waals surface area contributed by atoms with Crippen LogP contribution in [0.3, 0.4) is 0 Å². The third-order valence-electron chi connectivity index (χ3n) is 4.32. The molecule has 9 heteroatoms. The van der Waals surface area contributed by atoms with Crippen LogP contribution in [0.4, 0.5) is 11.5 Å². The van der Waals surface area contributed by atoms with Crippen molar-refractivity contribution in [1.82, 2.24) is 15.0 Å². The number of nitrogens with one attached hydrogen (secondary N) is 1. The van der Waals surface area contributed by atoms with Crippen LogP contribution < -0.4 is 5.32 Å². The number of nitrogens with zero attached hydrogens (tertiary/aromatic N) is 3. The number of fused-ring (bicyclic) bond motifs is 1. The Kier molecular flexibility index (Phi) is 5.56. The molecule has 4 aromatic rings. The van der Waals surface area contributed by atoms with E-state index in [1.54, 1.807) is 30.3 Å². The lowest BCUT2D eigenvalue weighted by atomic mass is 10.1. The number of rotatable bonds is 6. The topological polar surface area (TPSA) is 108 Å². The molecule has 0 fully saturated rings. The molecule has 1 aromatic carbocycles. The van der Waals surface area contributed by atoms with E-state index in [2.05, 4.69) is 34.1 Å². The molecule has 0 saturated carbocycles. The van der Waals surface area contributed by atoms with E-state index in [9.17, 15) is 15.0 Å². The molecular weight excluding hydrogens is 420 g/mol. The first-order valence-electron chi connectivity index (χ1n) is 9.13. The molecule has 3 N–H and O–H groups in total. The summed E-state index contributed by atoms with van der Waals surface area (Å²) in [6.07, 6.45) is 1.44. The Balaban J connectivity index is 1.71. The zero-order chi connectivity index (χ0) is 21.3. The summed E-state index contributed by atoms with van der Waals surface area (Å²) in [5.41, 5.74) is 2.17. The Bertz CT molecular complexity index is 1220. The minimum atomic E-state index is -0.989. The first-order valence-corrected chi connectivity index (χ1v) is 10.8. The minimum Gasteiger partial charge on any atom is -0.508 e. The van der Waals surface area contributed by atoms with Gasteiger partial charge in [-0.25, -0.2) is 19.7 Å². The molecule has 7 nitrogen and oxygen atoms in total. The van der Waals surface area contributed by atoms with Crippen molar-refractivity contribution in [3.05, 3.63) is 59.4 Å². The van der Waals surface area contributed by atoms with Crippen molar-refractivity contribution in [2.45, 2.75) is 28.9 Å². The molecule has 30 heavy (non-hydrogen) atoms. The van der Waals surface area contributed by atoms with Crippen LogP contribution in [0, 0.1) is 0 Å². The van der Waals surface area contributed by atoms with Crippen LogP contribution in [0.15, 0.2) is 57.9 Å². The number of thiophene rings is 1. The highest BCUT2D eigenvalue weighted by Crippen LogP contribution is 2.42. The largest absolute Gasteiger partial charge is 0.508 e. The number of aromatic nitrogens is 3. The molecule has 3 heterocycles. The van der Waals surface area contributed by atoms with Gasteiger partial charge in [-0.05, 0) is 48.4 Å². The second kappa shape index (κ2) is 8.29. The maximum absolute atomic E-state index is 11.5. The summed E-state index contributed by atoms with van der Waals surface area (Å²) in [5, 5.41) is 22.9. The number of carboxylic acid groups (broad SMARTS) is 1. The monoisotopic (exact) mass is 438 g/mol. The van der Waals surface area contributed by atoms with Crippen molar-refractivity contribution < 1.29 is 15.0 Å². The van der Waals surface area contributed by atoms with Gasteiger partial charge < -0.3 is 15.5 Å². The van der Waals surface area contributed by atoms with Crippen LogP contribution in [-0.4, -0.2) is 31.1 Å². The highest BCUT2D eigenvalue weighted by Gasteiger charge is 2.17. The van der Waals surface area contributed by atoms with E-state index < -0.39 is 5.97 Å². The Hall–Kier alpha value is -3.17. The third kappa shape index (κ3) is 4.22. The number of carboxylic acids is 1. The maximum atomic E-state index is 11.5. The molecule has 0 spiro atoms. The van der Waals surface area contributed by atoms with Crippen LogP contribution in [0.1, 0.15) is 35.1 Å². The van der Waals surface area contributed by atoms with Crippen molar-refractivity contribution in [3.63, 3.8) is 0 Å². The van der Waals surface area contributed by atoms with Crippen molar-refractivity contribution in [2.75, 3.05) is 5.32 Å². The molecule has 152 valence electrons. The smallest absolute Gasteiger partial charge is 0.345 e. The minimum absolute atomic E-state index is 0.177. The highest BCUT2D eigenvalue weighted by molar-refractivity contribution is 8.01. The second-order valence-corrected chi connectivity index (χ2v) is 9.22. The normalized spacial score (nSPS) is 11.2. The number of pyridine rings is 1. The molecule has 0 aliphatic carbocycles. The van der Waals surface area contributed by atoms with Crippen molar-refractivity contribution in [2.24, 2.45) is 0 Å². The quantitative estimate of drug-likeness (QED) is 0.362. The molecule has 0 radical (unpaired) electrons. The molecule has 0 amide bonds. The first kappa shape index (κ1) is 20.1. The number of benzene rings is 1. The van der Waals surface area contributed by atoms with E-state index in [0.29, 0.717) is 17.2 Å². The molecule has 0 aliphatic heterocycles. The Morgan fingerprint density at radius 1 is 1.13 bits per heavy atom. The lowest BCUT2D eigenvalue weighted by Gasteiger charge is -2.10. The van der Waals surface area contributed by atoms with Gasteiger partial charge in [-0.1, -0.05) is 25.6 Å². The number of aromatic carboxylic acids is 1. The summed E-state index contributed by atoms with van der Waals surface area (Å²) in [5.74, 6) is 0.0291. The van der Waals surface area contributed by atoms with Gasteiger partial charge in [0.1, 0.15) is 22.8 Å². The van der Waals surface area contributed by atoms with Gasteiger partial charge in [0.15, 0.2) is 5.65 Å². The van der Waals surface area contributed by atoms with Gasteiger partial charge >= 0.3 is 5.97 Å². The molecule has 0 saturated heterocycles. The van der Waals surface area contributed by atoms with Crippen molar-refractivity contribution >= 4 is 51.6 Å². The predicted octanol–water partition coefficient (Wildman–Crippen LogP) is 5.51. The Morgan fingerprint density at radius 3 is 2.60 bits per heavy atom. The fraction of sp³-hybridized carbons (Fsp3) is 0.143. The average Bonchev–Trinajstić information content (AvgIpc) is 3.12. The van der Waals surface area contributed by atoms with Crippen molar-refractivity contribution in [3.8, 4) is 5.75 Å². The SMILES string of the molecule is CC(C)c1ccc2c(Nc3cc(C(=O)O)sc3Sc3ccc(O)cc3)ncnc2n1. The number of aromatic hydroxyl groups is 1. The van der Waals surface area contributed by atoms with Gasteiger partial charge in [0.25, 0.3) is 0 Å². The lowest BCUT2D eigenvalue weighted by molar-refractivity contribution is 0.0702. The zero-order valence-corrected chi connectivity index (χ0v) is 17.8. The zero-order valence-electron chi connectivity index (χ0n) is 16.2. The standard InChI is InChI=1S/C21H18N4O3S2/c1-11(2)15-8-7-14-18(24-15)22-10-23-19(14)25-16-9-17(20(27)28)30-21(16)29-13-5-3-12(26)4-6-13/h3-11,26H,1-2H3,(H,27,28)(H,22,23,24,25). The van der Waals surface area contributed by atoms with Gasteiger partial charge in [0, 0.05) is 10.6 Å². The number of carbonyl (C=O) groups is 1. The molecule has 3 aromatic heterocycles. The van der Waals surface area contributed by atoms with Crippen LogP contribution in [0.2, 0.25) is 0 Å². The van der Waals surface area contributed by atoms with E-state index in [0.717, 1.165) is 20.2 Å².